The minimum atomic E-state index is 0.169. The maximum absolute atomic E-state index is 5.02. The molecule has 0 fully saturated rings. The van der Waals surface area contributed by atoms with Gasteiger partial charge in [0.25, 0.3) is 0 Å². The Morgan fingerprint density at radius 2 is 1.48 bits per heavy atom. The maximum atomic E-state index is 5.02. The third-order valence-electron chi connectivity index (χ3n) is 5.72. The molecule has 164 valence electrons. The molecule has 5 rings (SSSR count). The van der Waals surface area contributed by atoms with E-state index in [-0.39, 0.29) is 6.04 Å². The Labute approximate surface area is 194 Å². The molecule has 1 heterocycles. The number of fused-ring (bicyclic) bond motifs is 2. The molecule has 1 aliphatic heterocycles. The number of aromatic nitrogens is 2. The summed E-state index contributed by atoms with van der Waals surface area (Å²) in [6.07, 6.45) is 0. The van der Waals surface area contributed by atoms with Gasteiger partial charge in [-0.25, -0.2) is 4.98 Å². The number of nitrogens with zero attached hydrogens (tertiary/aromatic N) is 3. The summed E-state index contributed by atoms with van der Waals surface area (Å²) >= 11 is 0. The van der Waals surface area contributed by atoms with Crippen molar-refractivity contribution in [2.45, 2.75) is 33.7 Å². The number of aryl methyl sites for hydroxylation is 2. The van der Waals surface area contributed by atoms with Gasteiger partial charge in [-0.2, -0.15) is 0 Å². The number of anilines is 2. The quantitative estimate of drug-likeness (QED) is 0.317. The van der Waals surface area contributed by atoms with Crippen LogP contribution in [0.25, 0.3) is 28.1 Å². The van der Waals surface area contributed by atoms with Gasteiger partial charge in [-0.1, -0.05) is 47.5 Å². The van der Waals surface area contributed by atoms with Gasteiger partial charge in [0, 0.05) is 17.4 Å². The fourth-order valence-corrected chi connectivity index (χ4v) is 4.09. The highest BCUT2D eigenvalue weighted by Crippen LogP contribution is 2.30. The van der Waals surface area contributed by atoms with Crippen LogP contribution in [0.1, 0.15) is 25.0 Å². The minimum absolute atomic E-state index is 0.169. The molecular weight excluding hydrogens is 404 g/mol. The molecule has 0 saturated carbocycles. The molecule has 4 heteroatoms. The molecule has 4 nitrogen and oxygen atoms in total. The molecule has 0 saturated heterocycles. The van der Waals surface area contributed by atoms with Crippen molar-refractivity contribution in [2.75, 3.05) is 5.32 Å². The lowest BCUT2D eigenvalue weighted by atomic mass is 10.1. The van der Waals surface area contributed by atoms with E-state index in [4.69, 9.17) is 9.98 Å². The predicted octanol–water partition coefficient (Wildman–Crippen LogP) is 6.80. The van der Waals surface area contributed by atoms with Gasteiger partial charge in [-0.3, -0.25) is 4.99 Å². The zero-order valence-electron chi connectivity index (χ0n) is 19.5. The lowest BCUT2D eigenvalue weighted by Crippen LogP contribution is -2.16. The average molecular weight is 433 g/mol. The summed E-state index contributed by atoms with van der Waals surface area (Å²) in [5, 5.41) is 4.50. The third-order valence-corrected chi connectivity index (χ3v) is 5.72. The normalized spacial score (nSPS) is 12.1. The van der Waals surface area contributed by atoms with Crippen LogP contribution in [0.3, 0.4) is 0 Å². The van der Waals surface area contributed by atoms with Gasteiger partial charge in [0.05, 0.1) is 33.5 Å². The first kappa shape index (κ1) is 21.0. The smallest absolute Gasteiger partial charge is 0.0900 e. The summed E-state index contributed by atoms with van der Waals surface area (Å²) in [7, 11) is 0. The van der Waals surface area contributed by atoms with Gasteiger partial charge in [0.2, 0.25) is 0 Å². The molecule has 1 aliphatic carbocycles. The Morgan fingerprint density at radius 3 is 2.18 bits per heavy atom. The number of hydrogen-bond donors (Lipinski definition) is 1. The van der Waals surface area contributed by atoms with Crippen molar-refractivity contribution in [2.24, 2.45) is 4.99 Å². The van der Waals surface area contributed by atoms with Crippen molar-refractivity contribution in [3.05, 3.63) is 101 Å². The van der Waals surface area contributed by atoms with Crippen molar-refractivity contribution >= 4 is 22.4 Å². The summed E-state index contributed by atoms with van der Waals surface area (Å²) in [5.74, 6) is 0. The molecule has 33 heavy (non-hydrogen) atoms. The molecule has 2 aliphatic rings. The van der Waals surface area contributed by atoms with Crippen LogP contribution < -0.4 is 10.7 Å². The Kier molecular flexibility index (Phi) is 5.43. The fraction of sp³-hybridized carbons (Fsp3) is 0.172. The molecular formula is C29H28N4. The maximum Gasteiger partial charge on any atom is 0.0900 e. The lowest BCUT2D eigenvalue weighted by molar-refractivity contribution is 0.806. The van der Waals surface area contributed by atoms with Gasteiger partial charge in [0.1, 0.15) is 0 Å². The second-order valence-electron chi connectivity index (χ2n) is 8.84. The van der Waals surface area contributed by atoms with E-state index < -0.39 is 0 Å². The van der Waals surface area contributed by atoms with Crippen molar-refractivity contribution in [3.8, 4) is 17.1 Å². The molecule has 0 unspecified atom stereocenters. The van der Waals surface area contributed by atoms with E-state index in [9.17, 15) is 0 Å². The summed E-state index contributed by atoms with van der Waals surface area (Å²) in [5.41, 5.74) is 9.56. The summed E-state index contributed by atoms with van der Waals surface area (Å²) in [4.78, 5) is 9.96. The molecule has 3 aromatic carbocycles. The first-order valence-electron chi connectivity index (χ1n) is 11.4. The molecule has 3 aromatic rings. The van der Waals surface area contributed by atoms with E-state index in [1.165, 1.54) is 11.1 Å². The van der Waals surface area contributed by atoms with Gasteiger partial charge in [0.15, 0.2) is 0 Å². The number of nitrogens with one attached hydrogen (secondary N) is 1. The SMILES string of the molecule is Cc1ccc(Nc2cc3nc4ccccc4n(-c4ccc(C)cc4)c-3cc2=NC(C)C)cc1. The van der Waals surface area contributed by atoms with Crippen LogP contribution in [0, 0.1) is 13.8 Å². The first-order chi connectivity index (χ1) is 16.0. The van der Waals surface area contributed by atoms with Crippen molar-refractivity contribution in [1.29, 1.82) is 0 Å². The van der Waals surface area contributed by atoms with Crippen molar-refractivity contribution < 1.29 is 0 Å². The van der Waals surface area contributed by atoms with Crippen molar-refractivity contribution in [3.63, 3.8) is 0 Å². The number of hydrogen-bond acceptors (Lipinski definition) is 3. The molecule has 0 aromatic heterocycles. The number of rotatable bonds is 4. The topological polar surface area (TPSA) is 42.2 Å². The molecule has 0 amide bonds. The lowest BCUT2D eigenvalue weighted by Gasteiger charge is -2.20. The van der Waals surface area contributed by atoms with Gasteiger partial charge in [-0.05, 0) is 76.2 Å². The highest BCUT2D eigenvalue weighted by atomic mass is 15.0. The van der Waals surface area contributed by atoms with Gasteiger partial charge < -0.3 is 9.88 Å². The highest BCUT2D eigenvalue weighted by Gasteiger charge is 2.16. The minimum Gasteiger partial charge on any atom is -0.354 e. The Hall–Kier alpha value is -3.92. The second-order valence-corrected chi connectivity index (χ2v) is 8.84. The van der Waals surface area contributed by atoms with E-state index >= 15 is 0 Å². The van der Waals surface area contributed by atoms with Gasteiger partial charge >= 0.3 is 0 Å². The zero-order chi connectivity index (χ0) is 22.9. The monoisotopic (exact) mass is 432 g/mol. The Bertz CT molecular complexity index is 1460. The Morgan fingerprint density at radius 1 is 0.818 bits per heavy atom. The Balaban J connectivity index is 1.80. The summed E-state index contributed by atoms with van der Waals surface area (Å²) in [6.45, 7) is 8.41. The van der Waals surface area contributed by atoms with Gasteiger partial charge in [-0.15, -0.1) is 0 Å². The van der Waals surface area contributed by atoms with E-state index in [0.717, 1.165) is 44.8 Å². The first-order valence-corrected chi connectivity index (χ1v) is 11.4. The van der Waals surface area contributed by atoms with Crippen LogP contribution in [-0.4, -0.2) is 15.6 Å². The van der Waals surface area contributed by atoms with Crippen LogP contribution in [0.5, 0.6) is 0 Å². The van der Waals surface area contributed by atoms with Crippen LogP contribution in [0.2, 0.25) is 0 Å². The fourth-order valence-electron chi connectivity index (χ4n) is 4.09. The molecule has 0 radical (unpaired) electrons. The standard InChI is InChI=1S/C29H28N4/c1-19(2)30-26-18-29-27(17-25(26)31-22-13-9-20(3)10-14-22)32-24-7-5-6-8-28(24)33(29)23-15-11-21(4)12-16-23/h5-19,31H,1-4H3. The average Bonchev–Trinajstić information content (AvgIpc) is 2.80. The predicted molar refractivity (Wildman–Crippen MR) is 138 cm³/mol. The third kappa shape index (κ3) is 4.24. The molecule has 0 atom stereocenters. The van der Waals surface area contributed by atoms with Crippen LogP contribution in [0.15, 0.2) is 89.9 Å². The number of benzene rings is 4. The summed E-state index contributed by atoms with van der Waals surface area (Å²) in [6, 6.07) is 29.8. The van der Waals surface area contributed by atoms with E-state index in [0.29, 0.717) is 0 Å². The van der Waals surface area contributed by atoms with Crippen LogP contribution >= 0.6 is 0 Å². The largest absolute Gasteiger partial charge is 0.354 e. The zero-order valence-corrected chi connectivity index (χ0v) is 19.5. The van der Waals surface area contributed by atoms with E-state index in [2.05, 4.69) is 116 Å². The second kappa shape index (κ2) is 8.55. The summed E-state index contributed by atoms with van der Waals surface area (Å²) < 4.78 is 2.28. The van der Waals surface area contributed by atoms with Crippen LogP contribution in [0.4, 0.5) is 11.4 Å². The molecule has 1 N–H and O–H groups in total. The highest BCUT2D eigenvalue weighted by molar-refractivity contribution is 5.84. The van der Waals surface area contributed by atoms with Crippen molar-refractivity contribution in [1.82, 2.24) is 9.55 Å². The molecule has 0 bridgehead atoms. The molecule has 0 spiro atoms. The van der Waals surface area contributed by atoms with E-state index in [1.54, 1.807) is 0 Å². The number of para-hydroxylation sites is 2. The van der Waals surface area contributed by atoms with E-state index in [1.807, 2.05) is 6.07 Å². The van der Waals surface area contributed by atoms with Crippen LogP contribution in [-0.2, 0) is 0 Å².